The molecule has 3 unspecified atom stereocenters. The minimum atomic E-state index is 0.235. The zero-order valence-electron chi connectivity index (χ0n) is 12.2. The summed E-state index contributed by atoms with van der Waals surface area (Å²) in [6.07, 6.45) is 7.08. The van der Waals surface area contributed by atoms with E-state index in [9.17, 15) is 0 Å². The quantitative estimate of drug-likeness (QED) is 0.911. The van der Waals surface area contributed by atoms with Gasteiger partial charge >= 0.3 is 0 Å². The van der Waals surface area contributed by atoms with Crippen LogP contribution in [0, 0.1) is 11.8 Å². The molecule has 110 valence electrons. The van der Waals surface area contributed by atoms with Crippen molar-refractivity contribution in [2.45, 2.75) is 51.5 Å². The van der Waals surface area contributed by atoms with Crippen molar-refractivity contribution in [2.24, 2.45) is 17.6 Å². The molecule has 0 amide bonds. The summed E-state index contributed by atoms with van der Waals surface area (Å²) in [6.45, 7) is 3.06. The average Bonchev–Trinajstić information content (AvgIpc) is 3.06. The van der Waals surface area contributed by atoms with Crippen LogP contribution >= 0.6 is 11.6 Å². The SMILES string of the molecule is CCC1CCC(C(N)Cc2cc(Cl)cc3c2OCC3)C1. The fourth-order valence-electron chi connectivity index (χ4n) is 3.79. The Labute approximate surface area is 126 Å². The van der Waals surface area contributed by atoms with Crippen LogP contribution in [-0.4, -0.2) is 12.6 Å². The van der Waals surface area contributed by atoms with Gasteiger partial charge < -0.3 is 10.5 Å². The Bertz CT molecular complexity index is 488. The first-order chi connectivity index (χ1) is 9.67. The van der Waals surface area contributed by atoms with Crippen LogP contribution in [0.25, 0.3) is 0 Å². The van der Waals surface area contributed by atoms with Crippen molar-refractivity contribution >= 4 is 11.6 Å². The smallest absolute Gasteiger partial charge is 0.125 e. The summed E-state index contributed by atoms with van der Waals surface area (Å²) in [5.41, 5.74) is 8.93. The van der Waals surface area contributed by atoms with Crippen molar-refractivity contribution in [3.8, 4) is 5.75 Å². The third-order valence-corrected chi connectivity index (χ3v) is 5.26. The number of fused-ring (bicyclic) bond motifs is 1. The van der Waals surface area contributed by atoms with Crippen LogP contribution in [0.1, 0.15) is 43.7 Å². The van der Waals surface area contributed by atoms with Crippen molar-refractivity contribution in [1.29, 1.82) is 0 Å². The Morgan fingerprint density at radius 3 is 3.00 bits per heavy atom. The van der Waals surface area contributed by atoms with Gasteiger partial charge in [-0.15, -0.1) is 0 Å². The molecule has 3 rings (SSSR count). The number of benzene rings is 1. The van der Waals surface area contributed by atoms with E-state index in [1.54, 1.807) is 0 Å². The Kier molecular flexibility index (Phi) is 4.23. The molecule has 3 atom stereocenters. The number of nitrogens with two attached hydrogens (primary N) is 1. The standard InChI is InChI=1S/C17H24ClNO/c1-2-11-3-4-12(7-11)16(19)10-14-9-15(18)8-13-5-6-20-17(13)14/h8-9,11-12,16H,2-7,10,19H2,1H3. The van der Waals surface area contributed by atoms with Crippen LogP contribution in [0.2, 0.25) is 5.02 Å². The maximum absolute atomic E-state index is 6.47. The first-order valence-corrected chi connectivity index (χ1v) is 8.24. The molecular formula is C17H24ClNO. The molecule has 20 heavy (non-hydrogen) atoms. The van der Waals surface area contributed by atoms with Gasteiger partial charge in [0.15, 0.2) is 0 Å². The zero-order valence-corrected chi connectivity index (χ0v) is 13.0. The average molecular weight is 294 g/mol. The fraction of sp³-hybridized carbons (Fsp3) is 0.647. The molecule has 2 aliphatic rings. The van der Waals surface area contributed by atoms with Gasteiger partial charge in [-0.2, -0.15) is 0 Å². The predicted octanol–water partition coefficient (Wildman–Crippen LogP) is 3.97. The molecule has 1 heterocycles. The van der Waals surface area contributed by atoms with Crippen LogP contribution in [0.3, 0.4) is 0 Å². The molecule has 2 nitrogen and oxygen atoms in total. The lowest BCUT2D eigenvalue weighted by molar-refractivity contribution is 0.348. The second kappa shape index (κ2) is 5.95. The second-order valence-electron chi connectivity index (χ2n) is 6.37. The Hall–Kier alpha value is -0.730. The van der Waals surface area contributed by atoms with Crippen molar-refractivity contribution in [2.75, 3.05) is 6.61 Å². The highest BCUT2D eigenvalue weighted by molar-refractivity contribution is 6.30. The first-order valence-electron chi connectivity index (χ1n) is 7.87. The molecule has 0 bridgehead atoms. The first kappa shape index (κ1) is 14.2. The van der Waals surface area contributed by atoms with Gasteiger partial charge in [-0.25, -0.2) is 0 Å². The van der Waals surface area contributed by atoms with Gasteiger partial charge in [0.25, 0.3) is 0 Å². The van der Waals surface area contributed by atoms with Gasteiger partial charge in [-0.3, -0.25) is 0 Å². The summed E-state index contributed by atoms with van der Waals surface area (Å²) in [4.78, 5) is 0. The molecule has 0 radical (unpaired) electrons. The molecule has 1 aliphatic carbocycles. The van der Waals surface area contributed by atoms with E-state index >= 15 is 0 Å². The number of rotatable bonds is 4. The number of hydrogen-bond acceptors (Lipinski definition) is 2. The van der Waals surface area contributed by atoms with E-state index in [4.69, 9.17) is 22.1 Å². The third-order valence-electron chi connectivity index (χ3n) is 5.05. The Balaban J connectivity index is 1.72. The molecule has 0 saturated heterocycles. The molecule has 1 fully saturated rings. The normalized spacial score (nSPS) is 26.4. The highest BCUT2D eigenvalue weighted by Crippen LogP contribution is 2.38. The summed E-state index contributed by atoms with van der Waals surface area (Å²) in [5, 5.41) is 0.814. The lowest BCUT2D eigenvalue weighted by Gasteiger charge is -2.20. The summed E-state index contributed by atoms with van der Waals surface area (Å²) < 4.78 is 5.78. The monoisotopic (exact) mass is 293 g/mol. The minimum absolute atomic E-state index is 0.235. The van der Waals surface area contributed by atoms with Crippen molar-refractivity contribution in [1.82, 2.24) is 0 Å². The molecule has 0 aromatic heterocycles. The van der Waals surface area contributed by atoms with Gasteiger partial charge in [0, 0.05) is 17.5 Å². The largest absolute Gasteiger partial charge is 0.493 e. The molecule has 1 aromatic rings. The van der Waals surface area contributed by atoms with Gasteiger partial charge in [-0.05, 0) is 54.4 Å². The van der Waals surface area contributed by atoms with Gasteiger partial charge in [-0.1, -0.05) is 31.4 Å². The number of hydrogen-bond donors (Lipinski definition) is 1. The van der Waals surface area contributed by atoms with E-state index in [0.717, 1.165) is 36.1 Å². The summed E-state index contributed by atoms with van der Waals surface area (Å²) in [7, 11) is 0. The van der Waals surface area contributed by atoms with Crippen LogP contribution in [0.4, 0.5) is 0 Å². The number of halogens is 1. The van der Waals surface area contributed by atoms with E-state index in [1.807, 2.05) is 12.1 Å². The van der Waals surface area contributed by atoms with Crippen LogP contribution < -0.4 is 10.5 Å². The number of ether oxygens (including phenoxy) is 1. The highest BCUT2D eigenvalue weighted by atomic mass is 35.5. The highest BCUT2D eigenvalue weighted by Gasteiger charge is 2.29. The predicted molar refractivity (Wildman–Crippen MR) is 83.5 cm³/mol. The maximum Gasteiger partial charge on any atom is 0.125 e. The fourth-order valence-corrected chi connectivity index (χ4v) is 4.05. The van der Waals surface area contributed by atoms with E-state index in [-0.39, 0.29) is 6.04 Å². The van der Waals surface area contributed by atoms with E-state index in [0.29, 0.717) is 5.92 Å². The van der Waals surface area contributed by atoms with Crippen molar-refractivity contribution in [3.05, 3.63) is 28.3 Å². The van der Waals surface area contributed by atoms with Crippen LogP contribution in [-0.2, 0) is 12.8 Å². The van der Waals surface area contributed by atoms with E-state index < -0.39 is 0 Å². The Morgan fingerprint density at radius 1 is 1.40 bits per heavy atom. The summed E-state index contributed by atoms with van der Waals surface area (Å²) >= 11 is 6.22. The topological polar surface area (TPSA) is 35.2 Å². The molecule has 2 N–H and O–H groups in total. The third kappa shape index (κ3) is 2.82. The lowest BCUT2D eigenvalue weighted by atomic mass is 9.91. The van der Waals surface area contributed by atoms with Gasteiger partial charge in [0.05, 0.1) is 6.61 Å². The molecular weight excluding hydrogens is 270 g/mol. The molecule has 0 spiro atoms. The van der Waals surface area contributed by atoms with E-state index in [1.165, 1.54) is 36.8 Å². The molecule has 1 aliphatic heterocycles. The summed E-state index contributed by atoms with van der Waals surface area (Å²) in [5.74, 6) is 2.60. The minimum Gasteiger partial charge on any atom is -0.493 e. The molecule has 1 aromatic carbocycles. The maximum atomic E-state index is 6.47. The molecule has 1 saturated carbocycles. The van der Waals surface area contributed by atoms with Crippen LogP contribution in [0.5, 0.6) is 5.75 Å². The van der Waals surface area contributed by atoms with Crippen molar-refractivity contribution < 1.29 is 4.74 Å². The van der Waals surface area contributed by atoms with Gasteiger partial charge in [0.1, 0.15) is 5.75 Å². The van der Waals surface area contributed by atoms with Crippen molar-refractivity contribution in [3.63, 3.8) is 0 Å². The summed E-state index contributed by atoms with van der Waals surface area (Å²) in [6, 6.07) is 4.30. The second-order valence-corrected chi connectivity index (χ2v) is 6.80. The lowest BCUT2D eigenvalue weighted by Crippen LogP contribution is -2.31. The van der Waals surface area contributed by atoms with Gasteiger partial charge in [0.2, 0.25) is 0 Å². The molecule has 3 heteroatoms. The Morgan fingerprint density at radius 2 is 2.25 bits per heavy atom. The zero-order chi connectivity index (χ0) is 14.1. The van der Waals surface area contributed by atoms with Crippen LogP contribution in [0.15, 0.2) is 12.1 Å². The van der Waals surface area contributed by atoms with E-state index in [2.05, 4.69) is 6.92 Å².